The summed E-state index contributed by atoms with van der Waals surface area (Å²) in [6, 6.07) is 8.29. The van der Waals surface area contributed by atoms with Crippen LogP contribution in [0.25, 0.3) is 0 Å². The Morgan fingerprint density at radius 3 is 2.42 bits per heavy atom. The minimum atomic E-state index is -4.34. The Balaban J connectivity index is 2.28. The zero-order valence-corrected chi connectivity index (χ0v) is 10.2. The van der Waals surface area contributed by atoms with Crippen molar-refractivity contribution in [3.05, 3.63) is 69.6 Å². The molecule has 1 aromatic carbocycles. The van der Waals surface area contributed by atoms with Gasteiger partial charge in [0.2, 0.25) is 0 Å². The molecule has 2 rings (SSSR count). The molecule has 0 saturated carbocycles. The first-order valence-corrected chi connectivity index (χ1v) is 5.68. The number of rotatable bonds is 2. The van der Waals surface area contributed by atoms with E-state index in [1.54, 1.807) is 25.4 Å². The average molecular weight is 267 g/mol. The summed E-state index contributed by atoms with van der Waals surface area (Å²) < 4.78 is 39.1. The summed E-state index contributed by atoms with van der Waals surface area (Å²) in [5, 5.41) is 0. The van der Waals surface area contributed by atoms with E-state index in [1.165, 1.54) is 16.7 Å². The van der Waals surface area contributed by atoms with Crippen LogP contribution in [0, 0.1) is 0 Å². The number of pyridine rings is 1. The largest absolute Gasteiger partial charge is 0.416 e. The number of halogens is 3. The lowest BCUT2D eigenvalue weighted by Crippen LogP contribution is -2.15. The lowest BCUT2D eigenvalue weighted by atomic mass is 10.0. The highest BCUT2D eigenvalue weighted by atomic mass is 19.4. The van der Waals surface area contributed by atoms with Gasteiger partial charge >= 0.3 is 6.18 Å². The van der Waals surface area contributed by atoms with Crippen molar-refractivity contribution in [2.24, 2.45) is 7.05 Å². The number of nitrogens with zero attached hydrogens (tertiary/aromatic N) is 1. The van der Waals surface area contributed by atoms with Crippen molar-refractivity contribution in [1.29, 1.82) is 0 Å². The number of hydrogen-bond acceptors (Lipinski definition) is 1. The molecule has 0 amide bonds. The third kappa shape index (κ3) is 3.24. The molecular formula is C14H12F3NO. The van der Waals surface area contributed by atoms with Crippen molar-refractivity contribution in [3.8, 4) is 0 Å². The number of aryl methyl sites for hydroxylation is 1. The molecule has 2 aromatic rings. The molecule has 5 heteroatoms. The van der Waals surface area contributed by atoms with Gasteiger partial charge in [-0.25, -0.2) is 0 Å². The first-order valence-electron chi connectivity index (χ1n) is 5.68. The average Bonchev–Trinajstić information content (AvgIpc) is 2.33. The normalized spacial score (nSPS) is 11.6. The number of hydrogen-bond donors (Lipinski definition) is 0. The third-order valence-corrected chi connectivity index (χ3v) is 2.83. The molecular weight excluding hydrogens is 255 g/mol. The predicted molar refractivity (Wildman–Crippen MR) is 65.9 cm³/mol. The van der Waals surface area contributed by atoms with Crippen LogP contribution >= 0.6 is 0 Å². The highest BCUT2D eigenvalue weighted by molar-refractivity contribution is 5.30. The molecule has 0 saturated heterocycles. The molecule has 0 unspecified atom stereocenters. The monoisotopic (exact) mass is 267 g/mol. The summed E-state index contributed by atoms with van der Waals surface area (Å²) in [5.41, 5.74) is 0.379. The van der Waals surface area contributed by atoms with Gasteiger partial charge < -0.3 is 4.57 Å². The van der Waals surface area contributed by atoms with Crippen LogP contribution < -0.4 is 5.56 Å². The Morgan fingerprint density at radius 1 is 1.11 bits per heavy atom. The van der Waals surface area contributed by atoms with Crippen molar-refractivity contribution >= 4 is 0 Å². The van der Waals surface area contributed by atoms with E-state index in [1.807, 2.05) is 0 Å². The van der Waals surface area contributed by atoms with Crippen LogP contribution in [0.4, 0.5) is 13.2 Å². The summed E-state index contributed by atoms with van der Waals surface area (Å²) in [5.74, 6) is 0. The van der Waals surface area contributed by atoms with Crippen LogP contribution in [0.2, 0.25) is 0 Å². The molecule has 0 radical (unpaired) electrons. The van der Waals surface area contributed by atoms with Crippen LogP contribution in [0.3, 0.4) is 0 Å². The second kappa shape index (κ2) is 4.91. The molecule has 2 nitrogen and oxygen atoms in total. The maximum Gasteiger partial charge on any atom is 0.416 e. The lowest BCUT2D eigenvalue weighted by Gasteiger charge is -2.09. The smallest absolute Gasteiger partial charge is 0.319 e. The fourth-order valence-electron chi connectivity index (χ4n) is 1.79. The van der Waals surface area contributed by atoms with E-state index < -0.39 is 11.7 Å². The molecule has 0 fully saturated rings. The topological polar surface area (TPSA) is 22.0 Å². The van der Waals surface area contributed by atoms with E-state index in [9.17, 15) is 18.0 Å². The van der Waals surface area contributed by atoms with Crippen LogP contribution in [-0.4, -0.2) is 4.57 Å². The standard InChI is InChI=1S/C14H12F3NO/c1-18-6-5-11(9-13(18)19)7-10-3-2-4-12(8-10)14(15,16)17/h2-6,8-9H,7H2,1H3. The summed E-state index contributed by atoms with van der Waals surface area (Å²) >= 11 is 0. The third-order valence-electron chi connectivity index (χ3n) is 2.83. The van der Waals surface area contributed by atoms with E-state index in [0.29, 0.717) is 17.5 Å². The van der Waals surface area contributed by atoms with Crippen molar-refractivity contribution in [1.82, 2.24) is 4.57 Å². The fraction of sp³-hybridized carbons (Fsp3) is 0.214. The Hall–Kier alpha value is -2.04. The first-order chi connectivity index (χ1) is 8.86. The maximum atomic E-state index is 12.6. The van der Waals surface area contributed by atoms with Crippen LogP contribution in [0.5, 0.6) is 0 Å². The van der Waals surface area contributed by atoms with Gasteiger partial charge in [0.05, 0.1) is 5.56 Å². The second-order valence-corrected chi connectivity index (χ2v) is 4.36. The SMILES string of the molecule is Cn1ccc(Cc2cccc(C(F)(F)F)c2)cc1=O. The number of alkyl halides is 3. The Morgan fingerprint density at radius 2 is 1.79 bits per heavy atom. The fourth-order valence-corrected chi connectivity index (χ4v) is 1.79. The summed E-state index contributed by atoms with van der Waals surface area (Å²) in [6.45, 7) is 0. The number of aromatic nitrogens is 1. The minimum absolute atomic E-state index is 0.176. The van der Waals surface area contributed by atoms with Gasteiger partial charge in [-0.2, -0.15) is 13.2 Å². The molecule has 0 spiro atoms. The predicted octanol–water partition coefficient (Wildman–Crippen LogP) is 2.99. The Kier molecular flexibility index (Phi) is 3.46. The van der Waals surface area contributed by atoms with Crippen LogP contribution in [0.15, 0.2) is 47.4 Å². The lowest BCUT2D eigenvalue weighted by molar-refractivity contribution is -0.137. The van der Waals surface area contributed by atoms with Crippen LogP contribution in [-0.2, 0) is 19.6 Å². The Labute approximate surface area is 108 Å². The molecule has 0 bridgehead atoms. The van der Waals surface area contributed by atoms with Crippen molar-refractivity contribution < 1.29 is 13.2 Å². The molecule has 0 aliphatic rings. The van der Waals surface area contributed by atoms with E-state index >= 15 is 0 Å². The summed E-state index contributed by atoms with van der Waals surface area (Å²) in [7, 11) is 1.62. The minimum Gasteiger partial charge on any atom is -0.319 e. The van der Waals surface area contributed by atoms with Gasteiger partial charge in [-0.1, -0.05) is 18.2 Å². The maximum absolute atomic E-state index is 12.6. The van der Waals surface area contributed by atoms with E-state index in [0.717, 1.165) is 12.1 Å². The van der Waals surface area contributed by atoms with Gasteiger partial charge in [0.15, 0.2) is 0 Å². The number of benzene rings is 1. The molecule has 1 heterocycles. The van der Waals surface area contributed by atoms with Crippen molar-refractivity contribution in [3.63, 3.8) is 0 Å². The Bertz CT molecular complexity index is 644. The quantitative estimate of drug-likeness (QED) is 0.819. The highest BCUT2D eigenvalue weighted by Gasteiger charge is 2.30. The second-order valence-electron chi connectivity index (χ2n) is 4.36. The molecule has 0 atom stereocenters. The highest BCUT2D eigenvalue weighted by Crippen LogP contribution is 2.29. The van der Waals surface area contributed by atoms with E-state index in [2.05, 4.69) is 0 Å². The summed E-state index contributed by atoms with van der Waals surface area (Å²) in [4.78, 5) is 11.4. The molecule has 100 valence electrons. The van der Waals surface area contributed by atoms with Crippen LogP contribution in [0.1, 0.15) is 16.7 Å². The van der Waals surface area contributed by atoms with Gasteiger partial charge in [0.1, 0.15) is 0 Å². The molecule has 19 heavy (non-hydrogen) atoms. The van der Waals surface area contributed by atoms with Gasteiger partial charge in [0.25, 0.3) is 5.56 Å². The van der Waals surface area contributed by atoms with Gasteiger partial charge in [-0.15, -0.1) is 0 Å². The van der Waals surface area contributed by atoms with Gasteiger partial charge in [-0.3, -0.25) is 4.79 Å². The van der Waals surface area contributed by atoms with Crippen molar-refractivity contribution in [2.45, 2.75) is 12.6 Å². The zero-order valence-electron chi connectivity index (χ0n) is 10.2. The van der Waals surface area contributed by atoms with E-state index in [-0.39, 0.29) is 5.56 Å². The van der Waals surface area contributed by atoms with E-state index in [4.69, 9.17) is 0 Å². The van der Waals surface area contributed by atoms with Gasteiger partial charge in [0, 0.05) is 19.3 Å². The molecule has 1 aromatic heterocycles. The molecule has 0 aliphatic heterocycles. The van der Waals surface area contributed by atoms with Gasteiger partial charge in [-0.05, 0) is 29.7 Å². The summed E-state index contributed by atoms with van der Waals surface area (Å²) in [6.07, 6.45) is -2.44. The first kappa shape index (κ1) is 13.4. The zero-order chi connectivity index (χ0) is 14.0. The molecule has 0 N–H and O–H groups in total. The van der Waals surface area contributed by atoms with Crippen molar-refractivity contribution in [2.75, 3.05) is 0 Å². The molecule has 0 aliphatic carbocycles.